The zero-order valence-electron chi connectivity index (χ0n) is 14.3. The van der Waals surface area contributed by atoms with Crippen LogP contribution in [0.15, 0.2) is 50.6 Å². The number of nitrogens with zero attached hydrogens (tertiary/aromatic N) is 1. The van der Waals surface area contributed by atoms with E-state index >= 15 is 0 Å². The van der Waals surface area contributed by atoms with E-state index in [1.54, 1.807) is 0 Å². The summed E-state index contributed by atoms with van der Waals surface area (Å²) in [6.45, 7) is 19.4. The fraction of sp³-hybridized carbons (Fsp3) is 0.600. The van der Waals surface area contributed by atoms with Crippen molar-refractivity contribution >= 4 is 0 Å². The van der Waals surface area contributed by atoms with Crippen LogP contribution in [0.25, 0.3) is 0 Å². The number of rotatable bonds is 11. The summed E-state index contributed by atoms with van der Waals surface area (Å²) >= 11 is 0. The highest BCUT2D eigenvalue weighted by Crippen LogP contribution is 2.43. The van der Waals surface area contributed by atoms with E-state index in [1.807, 2.05) is 24.3 Å². The van der Waals surface area contributed by atoms with Crippen LogP contribution in [0.5, 0.6) is 0 Å². The van der Waals surface area contributed by atoms with Gasteiger partial charge in [0, 0.05) is 24.5 Å². The highest BCUT2D eigenvalue weighted by atomic mass is 16.6. The van der Waals surface area contributed by atoms with Gasteiger partial charge in [-0.1, -0.05) is 24.3 Å². The standard InChI is InChI=1S/C20H31NO2/c1-5-9-18-19(23-16-17-15-22-17)10-14-21(13-8-4)20(18,11-6-2)12-7-3/h5-8,17-19H,1-4,9-16H2. The second-order valence-corrected chi connectivity index (χ2v) is 6.57. The average Bonchev–Trinajstić information content (AvgIpc) is 3.35. The molecule has 3 atom stereocenters. The molecule has 2 saturated heterocycles. The molecule has 3 heteroatoms. The Bertz CT molecular complexity index is 417. The van der Waals surface area contributed by atoms with E-state index in [0.717, 1.165) is 45.4 Å². The summed E-state index contributed by atoms with van der Waals surface area (Å²) in [4.78, 5) is 2.53. The summed E-state index contributed by atoms with van der Waals surface area (Å²) in [5.74, 6) is 0.378. The number of hydrogen-bond donors (Lipinski definition) is 0. The van der Waals surface area contributed by atoms with Crippen molar-refractivity contribution in [3.05, 3.63) is 50.6 Å². The summed E-state index contributed by atoms with van der Waals surface area (Å²) in [5, 5.41) is 0. The molecule has 0 aromatic rings. The van der Waals surface area contributed by atoms with Crippen LogP contribution in [0.2, 0.25) is 0 Å². The van der Waals surface area contributed by atoms with E-state index in [9.17, 15) is 0 Å². The van der Waals surface area contributed by atoms with Crippen LogP contribution in [0.4, 0.5) is 0 Å². The van der Waals surface area contributed by atoms with E-state index in [1.165, 1.54) is 0 Å². The number of allylic oxidation sites excluding steroid dienone is 1. The van der Waals surface area contributed by atoms with Crippen LogP contribution in [-0.4, -0.2) is 49.0 Å². The number of piperidine rings is 1. The molecular formula is C20H31NO2. The smallest absolute Gasteiger partial charge is 0.104 e. The van der Waals surface area contributed by atoms with Crippen molar-refractivity contribution in [1.29, 1.82) is 0 Å². The van der Waals surface area contributed by atoms with E-state index < -0.39 is 0 Å². The van der Waals surface area contributed by atoms with Gasteiger partial charge in [0.05, 0.1) is 19.3 Å². The molecule has 0 aliphatic carbocycles. The van der Waals surface area contributed by atoms with Crippen LogP contribution >= 0.6 is 0 Å². The molecule has 2 aliphatic rings. The first-order chi connectivity index (χ1) is 11.2. The van der Waals surface area contributed by atoms with E-state index in [-0.39, 0.29) is 11.6 Å². The number of ether oxygens (including phenoxy) is 2. The highest BCUT2D eigenvalue weighted by molar-refractivity contribution is 5.10. The topological polar surface area (TPSA) is 25.0 Å². The molecule has 23 heavy (non-hydrogen) atoms. The van der Waals surface area contributed by atoms with Gasteiger partial charge in [0.15, 0.2) is 0 Å². The highest BCUT2D eigenvalue weighted by Gasteiger charge is 2.48. The molecular weight excluding hydrogens is 286 g/mol. The lowest BCUT2D eigenvalue weighted by Crippen LogP contribution is -2.61. The average molecular weight is 317 g/mol. The largest absolute Gasteiger partial charge is 0.375 e. The molecule has 3 nitrogen and oxygen atoms in total. The van der Waals surface area contributed by atoms with Gasteiger partial charge in [0.25, 0.3) is 0 Å². The normalized spacial score (nSPS) is 29.7. The molecule has 0 aromatic carbocycles. The molecule has 0 spiro atoms. The SMILES string of the molecule is C=CCC1C(OCC2CO2)CCN(CC=C)C1(CC=C)CC=C. The monoisotopic (exact) mass is 317 g/mol. The molecule has 0 aromatic heterocycles. The van der Waals surface area contributed by atoms with Crippen LogP contribution in [0.1, 0.15) is 25.7 Å². The lowest BCUT2D eigenvalue weighted by atomic mass is 9.69. The minimum atomic E-state index is -0.0147. The van der Waals surface area contributed by atoms with Gasteiger partial charge in [-0.2, -0.15) is 0 Å². The van der Waals surface area contributed by atoms with Crippen LogP contribution < -0.4 is 0 Å². The fourth-order valence-electron chi connectivity index (χ4n) is 4.01. The fourth-order valence-corrected chi connectivity index (χ4v) is 4.01. The molecule has 2 fully saturated rings. The second-order valence-electron chi connectivity index (χ2n) is 6.57. The summed E-state index contributed by atoms with van der Waals surface area (Å²) in [7, 11) is 0. The van der Waals surface area contributed by atoms with Crippen molar-refractivity contribution in [2.75, 3.05) is 26.3 Å². The van der Waals surface area contributed by atoms with E-state index in [2.05, 4.69) is 31.2 Å². The van der Waals surface area contributed by atoms with Crippen molar-refractivity contribution in [2.24, 2.45) is 5.92 Å². The first-order valence-electron chi connectivity index (χ1n) is 8.63. The van der Waals surface area contributed by atoms with Gasteiger partial charge < -0.3 is 9.47 Å². The lowest BCUT2D eigenvalue weighted by molar-refractivity contribution is -0.103. The van der Waals surface area contributed by atoms with Crippen LogP contribution in [0, 0.1) is 5.92 Å². The first-order valence-corrected chi connectivity index (χ1v) is 8.63. The van der Waals surface area contributed by atoms with Gasteiger partial charge in [0.1, 0.15) is 6.10 Å². The summed E-state index contributed by atoms with van der Waals surface area (Å²) in [6.07, 6.45) is 12.4. The lowest BCUT2D eigenvalue weighted by Gasteiger charge is -2.54. The van der Waals surface area contributed by atoms with Crippen molar-refractivity contribution in [2.45, 2.75) is 43.4 Å². The zero-order valence-corrected chi connectivity index (χ0v) is 14.3. The van der Waals surface area contributed by atoms with Gasteiger partial charge in [-0.05, 0) is 25.7 Å². The minimum absolute atomic E-state index is 0.0147. The maximum Gasteiger partial charge on any atom is 0.104 e. The van der Waals surface area contributed by atoms with E-state index in [4.69, 9.17) is 9.47 Å². The number of epoxide rings is 1. The molecule has 2 heterocycles. The van der Waals surface area contributed by atoms with Gasteiger partial charge in [-0.3, -0.25) is 4.90 Å². The van der Waals surface area contributed by atoms with Crippen LogP contribution in [0.3, 0.4) is 0 Å². The third kappa shape index (κ3) is 4.23. The summed E-state index contributed by atoms with van der Waals surface area (Å²) < 4.78 is 11.6. The Kier molecular flexibility index (Phi) is 6.82. The zero-order chi connectivity index (χ0) is 16.7. The number of hydrogen-bond acceptors (Lipinski definition) is 3. The molecule has 2 rings (SSSR count). The Morgan fingerprint density at radius 1 is 1.09 bits per heavy atom. The van der Waals surface area contributed by atoms with Gasteiger partial charge >= 0.3 is 0 Å². The molecule has 0 radical (unpaired) electrons. The minimum Gasteiger partial charge on any atom is -0.375 e. The number of likely N-dealkylation sites (tertiary alicyclic amines) is 1. The molecule has 3 unspecified atom stereocenters. The Morgan fingerprint density at radius 3 is 2.30 bits per heavy atom. The third-order valence-corrected chi connectivity index (χ3v) is 5.12. The predicted octanol–water partition coefficient (Wildman–Crippen LogP) is 3.75. The van der Waals surface area contributed by atoms with Crippen molar-refractivity contribution in [3.8, 4) is 0 Å². The maximum atomic E-state index is 6.25. The van der Waals surface area contributed by atoms with E-state index in [0.29, 0.717) is 18.6 Å². The second kappa shape index (κ2) is 8.62. The third-order valence-electron chi connectivity index (χ3n) is 5.12. The van der Waals surface area contributed by atoms with Crippen molar-refractivity contribution in [3.63, 3.8) is 0 Å². The Labute approximate surface area is 141 Å². The summed E-state index contributed by atoms with van der Waals surface area (Å²) in [6, 6.07) is 0. The quantitative estimate of drug-likeness (QED) is 0.429. The molecule has 0 saturated carbocycles. The molecule has 0 amide bonds. The van der Waals surface area contributed by atoms with Crippen molar-refractivity contribution in [1.82, 2.24) is 4.90 Å². The molecule has 2 aliphatic heterocycles. The Balaban J connectivity index is 2.26. The maximum absolute atomic E-state index is 6.25. The van der Waals surface area contributed by atoms with Gasteiger partial charge in [-0.15, -0.1) is 26.3 Å². The summed E-state index contributed by atoms with van der Waals surface area (Å²) in [5.41, 5.74) is -0.0147. The Hall–Kier alpha value is -1.16. The first kappa shape index (κ1) is 18.2. The van der Waals surface area contributed by atoms with Gasteiger partial charge in [-0.25, -0.2) is 0 Å². The van der Waals surface area contributed by atoms with Crippen LogP contribution in [-0.2, 0) is 9.47 Å². The Morgan fingerprint density at radius 2 is 1.78 bits per heavy atom. The predicted molar refractivity (Wildman–Crippen MR) is 96.5 cm³/mol. The van der Waals surface area contributed by atoms with Gasteiger partial charge in [0.2, 0.25) is 0 Å². The van der Waals surface area contributed by atoms with Crippen molar-refractivity contribution < 1.29 is 9.47 Å². The molecule has 0 N–H and O–H groups in total. The molecule has 0 bridgehead atoms. The molecule has 128 valence electrons.